The molecule has 0 radical (unpaired) electrons. The lowest BCUT2D eigenvalue weighted by Gasteiger charge is -2.16. The first-order valence-electron chi connectivity index (χ1n) is 5.45. The Morgan fingerprint density at radius 1 is 1.33 bits per heavy atom. The molecule has 1 N–H and O–H groups in total. The molecule has 0 heterocycles. The third-order valence-corrected chi connectivity index (χ3v) is 2.55. The van der Waals surface area contributed by atoms with E-state index in [4.69, 9.17) is 10.5 Å². The third kappa shape index (κ3) is 2.99. The molecule has 5 nitrogen and oxygen atoms in total. The van der Waals surface area contributed by atoms with E-state index in [1.54, 1.807) is 18.2 Å². The molecule has 0 aliphatic carbocycles. The molecule has 0 unspecified atom stereocenters. The van der Waals surface area contributed by atoms with Crippen molar-refractivity contribution in [3.05, 3.63) is 29.3 Å². The first kappa shape index (κ1) is 13.5. The molecule has 0 bridgehead atoms. The molecule has 1 aromatic rings. The first-order valence-corrected chi connectivity index (χ1v) is 5.45. The Bertz CT molecular complexity index is 509. The van der Waals surface area contributed by atoms with Gasteiger partial charge in [0.1, 0.15) is 13.1 Å². The normalized spacial score (nSPS) is 9.11. The number of carbonyl (C=O) groups excluding carboxylic acids is 1. The van der Waals surface area contributed by atoms with E-state index in [-0.39, 0.29) is 19.0 Å². The summed E-state index contributed by atoms with van der Waals surface area (Å²) in [6.45, 7) is 1.72. The molecule has 0 spiro atoms. The van der Waals surface area contributed by atoms with E-state index in [0.717, 1.165) is 11.3 Å². The van der Waals surface area contributed by atoms with Gasteiger partial charge in [0.2, 0.25) is 0 Å². The number of amides is 1. The lowest BCUT2D eigenvalue weighted by Crippen LogP contribution is -2.31. The van der Waals surface area contributed by atoms with Crippen molar-refractivity contribution in [2.45, 2.75) is 6.92 Å². The highest BCUT2D eigenvalue weighted by Crippen LogP contribution is 2.16. The molecular formula is C13H14N4O. The van der Waals surface area contributed by atoms with Gasteiger partial charge in [0.05, 0.1) is 12.1 Å². The van der Waals surface area contributed by atoms with Crippen molar-refractivity contribution in [1.82, 2.24) is 4.90 Å². The highest BCUT2D eigenvalue weighted by molar-refractivity contribution is 5.95. The fourth-order valence-corrected chi connectivity index (χ4v) is 1.63. The minimum atomic E-state index is -0.302. The average Bonchev–Trinajstić information content (AvgIpc) is 2.37. The molecule has 1 aromatic carbocycles. The molecule has 5 heteroatoms. The minimum Gasteiger partial charge on any atom is -0.388 e. The van der Waals surface area contributed by atoms with Crippen LogP contribution in [-0.4, -0.2) is 30.9 Å². The van der Waals surface area contributed by atoms with Crippen LogP contribution in [0.4, 0.5) is 5.69 Å². The van der Waals surface area contributed by atoms with Crippen LogP contribution in [-0.2, 0) is 0 Å². The van der Waals surface area contributed by atoms with Crippen molar-refractivity contribution in [2.75, 3.05) is 25.5 Å². The maximum absolute atomic E-state index is 12.1. The van der Waals surface area contributed by atoms with E-state index in [2.05, 4.69) is 5.32 Å². The Labute approximate surface area is 106 Å². The molecule has 0 saturated heterocycles. The fraction of sp³-hybridized carbons (Fsp3) is 0.308. The SMILES string of the molecule is CNc1ccc(C(=O)N(CC#N)CC#N)cc1C. The van der Waals surface area contributed by atoms with Gasteiger partial charge in [-0.1, -0.05) is 0 Å². The van der Waals surface area contributed by atoms with E-state index in [1.165, 1.54) is 4.90 Å². The Morgan fingerprint density at radius 2 is 1.94 bits per heavy atom. The highest BCUT2D eigenvalue weighted by atomic mass is 16.2. The van der Waals surface area contributed by atoms with Crippen LogP contribution in [0.15, 0.2) is 18.2 Å². The van der Waals surface area contributed by atoms with Crippen LogP contribution in [0.3, 0.4) is 0 Å². The van der Waals surface area contributed by atoms with Crippen molar-refractivity contribution in [3.8, 4) is 12.1 Å². The van der Waals surface area contributed by atoms with Gasteiger partial charge in [0.25, 0.3) is 5.91 Å². The molecule has 1 amide bonds. The van der Waals surface area contributed by atoms with Crippen molar-refractivity contribution in [1.29, 1.82) is 10.5 Å². The number of aryl methyl sites for hydroxylation is 1. The molecule has 1 rings (SSSR count). The summed E-state index contributed by atoms with van der Waals surface area (Å²) < 4.78 is 0. The van der Waals surface area contributed by atoms with Crippen molar-refractivity contribution >= 4 is 11.6 Å². The van der Waals surface area contributed by atoms with Gasteiger partial charge in [-0.05, 0) is 30.7 Å². The summed E-state index contributed by atoms with van der Waals surface area (Å²) >= 11 is 0. The largest absolute Gasteiger partial charge is 0.388 e. The van der Waals surface area contributed by atoms with Crippen molar-refractivity contribution in [3.63, 3.8) is 0 Å². The number of nitriles is 2. The Kier molecular flexibility index (Phi) is 4.71. The van der Waals surface area contributed by atoms with Gasteiger partial charge in [-0.2, -0.15) is 10.5 Å². The van der Waals surface area contributed by atoms with E-state index in [9.17, 15) is 4.79 Å². The van der Waals surface area contributed by atoms with E-state index >= 15 is 0 Å². The summed E-state index contributed by atoms with van der Waals surface area (Å²) in [6, 6.07) is 9.00. The summed E-state index contributed by atoms with van der Waals surface area (Å²) in [6.07, 6.45) is 0. The molecule has 92 valence electrons. The monoisotopic (exact) mass is 242 g/mol. The second-order valence-electron chi connectivity index (χ2n) is 3.76. The van der Waals surface area contributed by atoms with Gasteiger partial charge in [0.15, 0.2) is 0 Å². The third-order valence-electron chi connectivity index (χ3n) is 2.55. The summed E-state index contributed by atoms with van der Waals surface area (Å²) in [5.74, 6) is -0.302. The molecule has 0 aliphatic rings. The average molecular weight is 242 g/mol. The van der Waals surface area contributed by atoms with Gasteiger partial charge in [-0.3, -0.25) is 4.79 Å². The second-order valence-corrected chi connectivity index (χ2v) is 3.76. The predicted molar refractivity (Wildman–Crippen MR) is 67.9 cm³/mol. The van der Waals surface area contributed by atoms with E-state index in [0.29, 0.717) is 5.56 Å². The topological polar surface area (TPSA) is 79.9 Å². The maximum atomic E-state index is 12.1. The highest BCUT2D eigenvalue weighted by Gasteiger charge is 2.15. The van der Waals surface area contributed by atoms with Crippen LogP contribution < -0.4 is 5.32 Å². The lowest BCUT2D eigenvalue weighted by atomic mass is 10.1. The van der Waals surface area contributed by atoms with Crippen LogP contribution in [0.25, 0.3) is 0 Å². The number of anilines is 1. The van der Waals surface area contributed by atoms with Gasteiger partial charge in [0, 0.05) is 18.3 Å². The Balaban J connectivity index is 2.99. The number of carbonyl (C=O) groups is 1. The summed E-state index contributed by atoms with van der Waals surface area (Å²) in [5, 5.41) is 20.3. The molecule has 18 heavy (non-hydrogen) atoms. The Morgan fingerprint density at radius 3 is 2.39 bits per heavy atom. The summed E-state index contributed by atoms with van der Waals surface area (Å²) in [7, 11) is 1.81. The minimum absolute atomic E-state index is 0.0841. The quantitative estimate of drug-likeness (QED) is 0.812. The zero-order chi connectivity index (χ0) is 13.5. The number of rotatable bonds is 4. The number of hydrogen-bond acceptors (Lipinski definition) is 4. The number of hydrogen-bond donors (Lipinski definition) is 1. The maximum Gasteiger partial charge on any atom is 0.255 e. The molecular weight excluding hydrogens is 228 g/mol. The van der Waals surface area contributed by atoms with Gasteiger partial charge < -0.3 is 10.2 Å². The first-order chi connectivity index (χ1) is 8.63. The van der Waals surface area contributed by atoms with Crippen LogP contribution in [0, 0.1) is 29.6 Å². The molecule has 0 saturated carbocycles. The Hall–Kier alpha value is -2.53. The summed E-state index contributed by atoms with van der Waals surface area (Å²) in [4.78, 5) is 13.3. The number of nitrogens with zero attached hydrogens (tertiary/aromatic N) is 3. The zero-order valence-corrected chi connectivity index (χ0v) is 10.4. The van der Waals surface area contributed by atoms with Crippen LogP contribution in [0.5, 0.6) is 0 Å². The standard InChI is InChI=1S/C13H14N4O/c1-10-9-11(3-4-12(10)16-2)13(18)17(7-5-14)8-6-15/h3-4,9,16H,7-8H2,1-2H3. The van der Waals surface area contributed by atoms with E-state index in [1.807, 2.05) is 26.1 Å². The predicted octanol–water partition coefficient (Wildman–Crippen LogP) is 1.53. The van der Waals surface area contributed by atoms with Crippen LogP contribution >= 0.6 is 0 Å². The van der Waals surface area contributed by atoms with Crippen molar-refractivity contribution in [2.24, 2.45) is 0 Å². The second kappa shape index (κ2) is 6.27. The number of nitrogens with one attached hydrogen (secondary N) is 1. The van der Waals surface area contributed by atoms with Gasteiger partial charge >= 0.3 is 0 Å². The number of benzene rings is 1. The molecule has 0 aromatic heterocycles. The van der Waals surface area contributed by atoms with E-state index < -0.39 is 0 Å². The van der Waals surface area contributed by atoms with Crippen LogP contribution in [0.1, 0.15) is 15.9 Å². The lowest BCUT2D eigenvalue weighted by molar-refractivity contribution is 0.0794. The van der Waals surface area contributed by atoms with Gasteiger partial charge in [-0.15, -0.1) is 0 Å². The van der Waals surface area contributed by atoms with Crippen LogP contribution in [0.2, 0.25) is 0 Å². The summed E-state index contributed by atoms with van der Waals surface area (Å²) in [5.41, 5.74) is 2.37. The molecule has 0 atom stereocenters. The van der Waals surface area contributed by atoms with Crippen molar-refractivity contribution < 1.29 is 4.79 Å². The fourth-order valence-electron chi connectivity index (χ4n) is 1.63. The smallest absolute Gasteiger partial charge is 0.255 e. The zero-order valence-electron chi connectivity index (χ0n) is 10.4. The van der Waals surface area contributed by atoms with Gasteiger partial charge in [-0.25, -0.2) is 0 Å². The molecule has 0 fully saturated rings. The molecule has 0 aliphatic heterocycles.